The molecule has 7 heteroatoms. The lowest BCUT2D eigenvalue weighted by Gasteiger charge is -2.11. The van der Waals surface area contributed by atoms with Crippen molar-refractivity contribution < 1.29 is 17.5 Å². The number of fused-ring (bicyclic) bond motifs is 1. The number of hydrogen-bond donors (Lipinski definition) is 0. The number of sulfone groups is 1. The summed E-state index contributed by atoms with van der Waals surface area (Å²) in [6.45, 7) is 0.379. The Kier molecular flexibility index (Phi) is 4.63. The minimum atomic E-state index is -2.88. The third-order valence-corrected chi connectivity index (χ3v) is 6.91. The lowest BCUT2D eigenvalue weighted by Crippen LogP contribution is -2.09. The maximum absolute atomic E-state index is 14.1. The fourth-order valence-electron chi connectivity index (χ4n) is 3.58. The van der Waals surface area contributed by atoms with Gasteiger partial charge in [0.25, 0.3) is 0 Å². The van der Waals surface area contributed by atoms with Gasteiger partial charge in [0, 0.05) is 18.5 Å². The summed E-state index contributed by atoms with van der Waals surface area (Å²) in [5.41, 5.74) is 2.59. The second-order valence-electron chi connectivity index (χ2n) is 7.12. The zero-order valence-electron chi connectivity index (χ0n) is 15.1. The minimum absolute atomic E-state index is 0.135. The Morgan fingerprint density at radius 3 is 2.85 bits per heavy atom. The van der Waals surface area contributed by atoms with Gasteiger partial charge in [-0.25, -0.2) is 12.8 Å². The highest BCUT2D eigenvalue weighted by molar-refractivity contribution is 7.91. The molecule has 0 radical (unpaired) electrons. The van der Waals surface area contributed by atoms with E-state index in [1.165, 1.54) is 12.1 Å². The number of aryl methyl sites for hydroxylation is 1. The smallest absolute Gasteiger partial charge is 0.150 e. The lowest BCUT2D eigenvalue weighted by atomic mass is 10.0. The largest absolute Gasteiger partial charge is 0.493 e. The molecule has 1 unspecified atom stereocenters. The van der Waals surface area contributed by atoms with Crippen LogP contribution >= 0.6 is 0 Å². The molecule has 0 aliphatic carbocycles. The molecule has 1 aromatic heterocycles. The van der Waals surface area contributed by atoms with Crippen LogP contribution < -0.4 is 4.74 Å². The first-order valence-electron chi connectivity index (χ1n) is 8.95. The summed E-state index contributed by atoms with van der Waals surface area (Å²) in [6.07, 6.45) is 3.14. The Bertz CT molecular complexity index is 1090. The van der Waals surface area contributed by atoms with E-state index in [1.807, 2.05) is 31.3 Å². The second-order valence-corrected chi connectivity index (χ2v) is 9.35. The van der Waals surface area contributed by atoms with E-state index >= 15 is 0 Å². The Hall–Kier alpha value is -2.41. The fourth-order valence-corrected chi connectivity index (χ4v) is 5.49. The van der Waals surface area contributed by atoms with E-state index < -0.39 is 9.84 Å². The molecule has 1 atom stereocenters. The van der Waals surface area contributed by atoms with Crippen LogP contribution in [0.4, 0.5) is 4.39 Å². The minimum Gasteiger partial charge on any atom is -0.493 e. The monoisotopic (exact) mass is 388 g/mol. The van der Waals surface area contributed by atoms with Crippen molar-refractivity contribution in [1.29, 1.82) is 0 Å². The van der Waals surface area contributed by atoms with Crippen LogP contribution in [0.25, 0.3) is 22.0 Å². The molecule has 3 aromatic rings. The summed E-state index contributed by atoms with van der Waals surface area (Å²) in [6, 6.07) is 10.5. The van der Waals surface area contributed by atoms with Crippen LogP contribution in [0.3, 0.4) is 0 Å². The van der Waals surface area contributed by atoms with Crippen molar-refractivity contribution >= 4 is 20.7 Å². The summed E-state index contributed by atoms with van der Waals surface area (Å²) in [4.78, 5) is 0. The molecule has 1 saturated heterocycles. The first kappa shape index (κ1) is 18.0. The van der Waals surface area contributed by atoms with Gasteiger partial charge in [-0.1, -0.05) is 12.1 Å². The number of rotatable bonds is 5. The quantitative estimate of drug-likeness (QED) is 0.670. The molecular weight excluding hydrogens is 367 g/mol. The first-order chi connectivity index (χ1) is 12.9. The molecule has 1 aliphatic rings. The van der Waals surface area contributed by atoms with Gasteiger partial charge in [-0.3, -0.25) is 4.68 Å². The first-order valence-corrected chi connectivity index (χ1v) is 10.8. The van der Waals surface area contributed by atoms with Crippen molar-refractivity contribution in [2.75, 3.05) is 18.1 Å². The predicted molar refractivity (Wildman–Crippen MR) is 103 cm³/mol. The fraction of sp³-hybridized carbons (Fsp3) is 0.350. The Balaban J connectivity index is 1.50. The summed E-state index contributed by atoms with van der Waals surface area (Å²) in [7, 11) is -1.01. The number of halogens is 1. The van der Waals surface area contributed by atoms with Crippen LogP contribution in [0, 0.1) is 11.7 Å². The van der Waals surface area contributed by atoms with E-state index in [9.17, 15) is 12.8 Å². The standard InChI is InChI=1S/C20H21FN2O3S/c1-23-20-10-15(2-3-16(20)12-22-23)17-8-18(21)11-19(9-17)26-6-4-14-5-7-27(24,25)13-14/h2-3,8-12,14H,4-7,13H2,1H3. The van der Waals surface area contributed by atoms with Gasteiger partial charge in [-0.2, -0.15) is 5.10 Å². The zero-order valence-corrected chi connectivity index (χ0v) is 15.9. The van der Waals surface area contributed by atoms with Gasteiger partial charge >= 0.3 is 0 Å². The molecule has 0 N–H and O–H groups in total. The molecule has 1 aliphatic heterocycles. The van der Waals surface area contributed by atoms with Gasteiger partial charge in [-0.05, 0) is 48.1 Å². The zero-order chi connectivity index (χ0) is 19.0. The van der Waals surface area contributed by atoms with E-state index in [1.54, 1.807) is 10.9 Å². The van der Waals surface area contributed by atoms with Gasteiger partial charge in [0.15, 0.2) is 9.84 Å². The normalized spacial score (nSPS) is 18.8. The highest BCUT2D eigenvalue weighted by Gasteiger charge is 2.27. The highest BCUT2D eigenvalue weighted by atomic mass is 32.2. The molecule has 2 heterocycles. The average Bonchev–Trinajstić information content (AvgIpc) is 3.16. The Labute approximate surface area is 157 Å². The molecular formula is C20H21FN2O3S. The number of hydrogen-bond acceptors (Lipinski definition) is 4. The molecule has 27 heavy (non-hydrogen) atoms. The topological polar surface area (TPSA) is 61.2 Å². The number of nitrogens with zero attached hydrogens (tertiary/aromatic N) is 2. The molecule has 0 bridgehead atoms. The molecule has 1 fully saturated rings. The van der Waals surface area contributed by atoms with Crippen molar-refractivity contribution in [1.82, 2.24) is 9.78 Å². The van der Waals surface area contributed by atoms with E-state index in [0.717, 1.165) is 22.0 Å². The summed E-state index contributed by atoms with van der Waals surface area (Å²) in [5, 5.41) is 5.26. The summed E-state index contributed by atoms with van der Waals surface area (Å²) >= 11 is 0. The maximum Gasteiger partial charge on any atom is 0.150 e. The van der Waals surface area contributed by atoms with Crippen molar-refractivity contribution in [3.05, 3.63) is 48.4 Å². The third-order valence-electron chi connectivity index (χ3n) is 5.08. The van der Waals surface area contributed by atoms with Crippen molar-refractivity contribution in [3.8, 4) is 16.9 Å². The molecule has 0 amide bonds. The van der Waals surface area contributed by atoms with E-state index in [0.29, 0.717) is 25.2 Å². The molecule has 4 rings (SSSR count). The lowest BCUT2D eigenvalue weighted by molar-refractivity contribution is 0.284. The van der Waals surface area contributed by atoms with Gasteiger partial charge in [-0.15, -0.1) is 0 Å². The van der Waals surface area contributed by atoms with E-state index in [-0.39, 0.29) is 23.2 Å². The van der Waals surface area contributed by atoms with Crippen molar-refractivity contribution in [2.45, 2.75) is 12.8 Å². The summed E-state index contributed by atoms with van der Waals surface area (Å²) < 4.78 is 44.6. The third kappa shape index (κ3) is 3.98. The molecule has 0 spiro atoms. The van der Waals surface area contributed by atoms with Crippen LogP contribution in [0.2, 0.25) is 0 Å². The van der Waals surface area contributed by atoms with Crippen molar-refractivity contribution in [2.24, 2.45) is 13.0 Å². The Morgan fingerprint density at radius 2 is 2.07 bits per heavy atom. The van der Waals surface area contributed by atoms with Crippen molar-refractivity contribution in [3.63, 3.8) is 0 Å². The molecule has 142 valence electrons. The van der Waals surface area contributed by atoms with Crippen LogP contribution in [0.1, 0.15) is 12.8 Å². The van der Waals surface area contributed by atoms with Gasteiger partial charge in [0.1, 0.15) is 11.6 Å². The number of aromatic nitrogens is 2. The summed E-state index contributed by atoms with van der Waals surface area (Å²) in [5.74, 6) is 0.718. The van der Waals surface area contributed by atoms with Crippen LogP contribution in [-0.2, 0) is 16.9 Å². The maximum atomic E-state index is 14.1. The van der Waals surface area contributed by atoms with E-state index in [4.69, 9.17) is 4.74 Å². The number of ether oxygens (including phenoxy) is 1. The molecule has 2 aromatic carbocycles. The van der Waals surface area contributed by atoms with Crippen LogP contribution in [-0.4, -0.2) is 36.3 Å². The van der Waals surface area contributed by atoms with Gasteiger partial charge in [0.05, 0.1) is 29.8 Å². The Morgan fingerprint density at radius 1 is 1.22 bits per heavy atom. The van der Waals surface area contributed by atoms with Gasteiger partial charge < -0.3 is 4.74 Å². The van der Waals surface area contributed by atoms with Crippen LogP contribution in [0.15, 0.2) is 42.6 Å². The second kappa shape index (κ2) is 6.96. The molecule has 5 nitrogen and oxygen atoms in total. The van der Waals surface area contributed by atoms with Crippen LogP contribution in [0.5, 0.6) is 5.75 Å². The SMILES string of the molecule is Cn1ncc2ccc(-c3cc(F)cc(OCCC4CCS(=O)(=O)C4)c3)cc21. The number of benzene rings is 2. The molecule has 0 saturated carbocycles. The highest BCUT2D eigenvalue weighted by Crippen LogP contribution is 2.29. The average molecular weight is 388 g/mol. The van der Waals surface area contributed by atoms with E-state index in [2.05, 4.69) is 5.10 Å². The predicted octanol–water partition coefficient (Wildman–Crippen LogP) is 3.58. The van der Waals surface area contributed by atoms with Gasteiger partial charge in [0.2, 0.25) is 0 Å².